The molecule has 2 aliphatic heterocycles. The molecule has 0 spiro atoms. The Kier molecular flexibility index (Phi) is 4.94. The molecular formula is C48H28BN3. The third kappa shape index (κ3) is 3.20. The normalized spacial score (nSPS) is 13.0. The van der Waals surface area contributed by atoms with Gasteiger partial charge >= 0.3 is 0 Å². The average Bonchev–Trinajstić information content (AvgIpc) is 3.85. The molecule has 0 amide bonds. The lowest BCUT2D eigenvalue weighted by Gasteiger charge is -2.34. The summed E-state index contributed by atoms with van der Waals surface area (Å²) in [6.07, 6.45) is 0. The minimum Gasteiger partial charge on any atom is -0.310 e. The monoisotopic (exact) mass is 657 g/mol. The standard InChI is InChI=1S/C48H28BN3/c1-5-19-40-32(11-1)33-12-2-6-20-41(33)50(40)31-25-23-29(24-26-31)30-27-44-46-45(28-30)52-43-22-8-4-14-35(43)37-16-10-18-39(48(37)52)49(46)38-17-9-15-36-34-13-3-7-21-42(34)51(44)47(36)38/h1-28H. The number of hydrogen-bond acceptors (Lipinski definition) is 0. The Hall–Kier alpha value is -6.78. The summed E-state index contributed by atoms with van der Waals surface area (Å²) in [4.78, 5) is 0. The molecule has 0 atom stereocenters. The first-order valence-electron chi connectivity index (χ1n) is 18.2. The molecule has 11 aromatic rings. The topological polar surface area (TPSA) is 14.8 Å². The Balaban J connectivity index is 1.12. The van der Waals surface area contributed by atoms with E-state index in [1.54, 1.807) is 0 Å². The maximum absolute atomic E-state index is 2.56. The number of fused-ring (bicyclic) bond motifs is 13. The highest BCUT2D eigenvalue weighted by Gasteiger charge is 2.40. The predicted octanol–water partition coefficient (Wildman–Crippen LogP) is 9.79. The number of nitrogens with zero attached hydrogens (tertiary/aromatic N) is 3. The Morgan fingerprint density at radius 2 is 0.731 bits per heavy atom. The summed E-state index contributed by atoms with van der Waals surface area (Å²) in [5.41, 5.74) is 17.9. The van der Waals surface area contributed by atoms with E-state index >= 15 is 0 Å². The van der Waals surface area contributed by atoms with Gasteiger partial charge in [0.2, 0.25) is 0 Å². The van der Waals surface area contributed by atoms with Gasteiger partial charge in [0.15, 0.2) is 0 Å². The Bertz CT molecular complexity index is 3160. The molecule has 13 rings (SSSR count). The van der Waals surface area contributed by atoms with Crippen LogP contribution >= 0.6 is 0 Å². The van der Waals surface area contributed by atoms with Crippen molar-refractivity contribution in [3.05, 3.63) is 170 Å². The Labute approximate surface area is 299 Å². The van der Waals surface area contributed by atoms with Crippen molar-refractivity contribution in [3.63, 3.8) is 0 Å². The SMILES string of the molecule is c1ccc2c(c1)c1ccccc1n2-c1ccc(-c2cc3c4c(c2)-n2c5ccccc5c5cccc(c52)B4c2cccc4c5ccccc5n-3c24)cc1. The molecule has 0 bridgehead atoms. The van der Waals surface area contributed by atoms with Crippen LogP contribution in [0.2, 0.25) is 0 Å². The van der Waals surface area contributed by atoms with Gasteiger partial charge in [0.05, 0.1) is 22.1 Å². The van der Waals surface area contributed by atoms with Gasteiger partial charge in [0.1, 0.15) is 0 Å². The van der Waals surface area contributed by atoms with Crippen LogP contribution in [0.4, 0.5) is 0 Å². The summed E-state index contributed by atoms with van der Waals surface area (Å²) in [5, 5.41) is 7.80. The van der Waals surface area contributed by atoms with Crippen LogP contribution in [-0.4, -0.2) is 20.4 Å². The average molecular weight is 658 g/mol. The third-order valence-electron chi connectivity index (χ3n) is 12.0. The van der Waals surface area contributed by atoms with E-state index in [4.69, 9.17) is 0 Å². The van der Waals surface area contributed by atoms with E-state index in [0.29, 0.717) is 0 Å². The second kappa shape index (κ2) is 9.51. The second-order valence-electron chi connectivity index (χ2n) is 14.5. The third-order valence-corrected chi connectivity index (χ3v) is 12.0. The van der Waals surface area contributed by atoms with Crippen molar-refractivity contribution in [3.8, 4) is 28.2 Å². The van der Waals surface area contributed by atoms with E-state index in [9.17, 15) is 0 Å². The quantitative estimate of drug-likeness (QED) is 0.165. The smallest absolute Gasteiger partial charge is 0.252 e. The van der Waals surface area contributed by atoms with E-state index in [1.165, 1.54) is 110 Å². The first-order valence-corrected chi connectivity index (χ1v) is 18.2. The lowest BCUT2D eigenvalue weighted by atomic mass is 9.34. The molecule has 5 heterocycles. The zero-order valence-corrected chi connectivity index (χ0v) is 28.1. The summed E-state index contributed by atoms with van der Waals surface area (Å²) in [6, 6.07) is 63.3. The van der Waals surface area contributed by atoms with Crippen molar-refractivity contribution in [1.82, 2.24) is 13.7 Å². The van der Waals surface area contributed by atoms with Gasteiger partial charge < -0.3 is 13.7 Å². The highest BCUT2D eigenvalue weighted by atomic mass is 15.0. The zero-order valence-electron chi connectivity index (χ0n) is 28.1. The van der Waals surface area contributed by atoms with Crippen LogP contribution in [0.1, 0.15) is 0 Å². The summed E-state index contributed by atoms with van der Waals surface area (Å²) in [5.74, 6) is 0. The molecule has 2 aliphatic rings. The van der Waals surface area contributed by atoms with Crippen LogP contribution in [0.15, 0.2) is 170 Å². The second-order valence-corrected chi connectivity index (χ2v) is 14.5. The number of rotatable bonds is 2. The highest BCUT2D eigenvalue weighted by Crippen LogP contribution is 2.41. The molecule has 0 radical (unpaired) electrons. The molecule has 0 aliphatic carbocycles. The van der Waals surface area contributed by atoms with E-state index in [2.05, 4.69) is 184 Å². The molecule has 8 aromatic carbocycles. The van der Waals surface area contributed by atoms with Crippen LogP contribution in [0.3, 0.4) is 0 Å². The van der Waals surface area contributed by atoms with Crippen LogP contribution in [-0.2, 0) is 0 Å². The number of hydrogen-bond donors (Lipinski definition) is 0. The lowest BCUT2D eigenvalue weighted by Crippen LogP contribution is -2.59. The van der Waals surface area contributed by atoms with Gasteiger partial charge in [-0.3, -0.25) is 0 Å². The van der Waals surface area contributed by atoms with Gasteiger partial charge in [-0.2, -0.15) is 0 Å². The van der Waals surface area contributed by atoms with Gasteiger partial charge in [-0.25, -0.2) is 0 Å². The molecule has 0 saturated heterocycles. The number of aromatic nitrogens is 3. The van der Waals surface area contributed by atoms with E-state index in [1.807, 2.05) is 0 Å². The van der Waals surface area contributed by atoms with Gasteiger partial charge in [-0.05, 0) is 76.0 Å². The molecule has 238 valence electrons. The van der Waals surface area contributed by atoms with Crippen molar-refractivity contribution in [2.24, 2.45) is 0 Å². The van der Waals surface area contributed by atoms with Gasteiger partial charge in [-0.15, -0.1) is 0 Å². The van der Waals surface area contributed by atoms with E-state index in [-0.39, 0.29) is 6.71 Å². The summed E-state index contributed by atoms with van der Waals surface area (Å²) < 4.78 is 7.51. The molecule has 52 heavy (non-hydrogen) atoms. The Morgan fingerprint density at radius 1 is 0.327 bits per heavy atom. The molecule has 0 unspecified atom stereocenters. The molecule has 4 heteroatoms. The zero-order chi connectivity index (χ0) is 33.7. The fraction of sp³-hybridized carbons (Fsp3) is 0. The minimum absolute atomic E-state index is 0.137. The van der Waals surface area contributed by atoms with Crippen LogP contribution < -0.4 is 16.4 Å². The summed E-state index contributed by atoms with van der Waals surface area (Å²) in [7, 11) is 0. The minimum atomic E-state index is 0.137. The van der Waals surface area contributed by atoms with Gasteiger partial charge in [0.25, 0.3) is 6.71 Å². The molecular weight excluding hydrogens is 629 g/mol. The van der Waals surface area contributed by atoms with Crippen LogP contribution in [0.5, 0.6) is 0 Å². The first-order chi connectivity index (χ1) is 25.8. The van der Waals surface area contributed by atoms with Crippen molar-refractivity contribution in [1.29, 1.82) is 0 Å². The first kappa shape index (κ1) is 27.0. The maximum atomic E-state index is 2.56. The van der Waals surface area contributed by atoms with Crippen LogP contribution in [0, 0.1) is 0 Å². The summed E-state index contributed by atoms with van der Waals surface area (Å²) in [6.45, 7) is 0.137. The summed E-state index contributed by atoms with van der Waals surface area (Å²) >= 11 is 0. The number of para-hydroxylation sites is 6. The van der Waals surface area contributed by atoms with Crippen LogP contribution in [0.25, 0.3) is 93.6 Å². The van der Waals surface area contributed by atoms with E-state index in [0.717, 1.165) is 0 Å². The predicted molar refractivity (Wildman–Crippen MR) is 220 cm³/mol. The fourth-order valence-electron chi connectivity index (χ4n) is 9.99. The van der Waals surface area contributed by atoms with Crippen molar-refractivity contribution in [2.75, 3.05) is 0 Å². The van der Waals surface area contributed by atoms with Crippen molar-refractivity contribution < 1.29 is 0 Å². The largest absolute Gasteiger partial charge is 0.310 e. The van der Waals surface area contributed by atoms with Crippen molar-refractivity contribution >= 4 is 88.5 Å². The lowest BCUT2D eigenvalue weighted by molar-refractivity contribution is 1.14. The molecule has 0 N–H and O–H groups in total. The van der Waals surface area contributed by atoms with Crippen molar-refractivity contribution in [2.45, 2.75) is 0 Å². The van der Waals surface area contributed by atoms with E-state index < -0.39 is 0 Å². The maximum Gasteiger partial charge on any atom is 0.252 e. The fourth-order valence-corrected chi connectivity index (χ4v) is 9.99. The van der Waals surface area contributed by atoms with Gasteiger partial charge in [0, 0.05) is 60.4 Å². The molecule has 3 aromatic heterocycles. The van der Waals surface area contributed by atoms with Gasteiger partial charge in [-0.1, -0.05) is 121 Å². The molecule has 3 nitrogen and oxygen atoms in total. The molecule has 0 saturated carbocycles. The Morgan fingerprint density at radius 3 is 1.21 bits per heavy atom. The highest BCUT2D eigenvalue weighted by molar-refractivity contribution is 7.00. The molecule has 0 fully saturated rings. The number of benzene rings is 8.